The van der Waals surface area contributed by atoms with Crippen LogP contribution in [-0.4, -0.2) is 12.3 Å². The largest absolute Gasteiger partial charge is 0.330 e. The van der Waals surface area contributed by atoms with Crippen LogP contribution in [0.5, 0.6) is 0 Å². The van der Waals surface area contributed by atoms with Crippen LogP contribution >= 0.6 is 0 Å². The van der Waals surface area contributed by atoms with E-state index in [9.17, 15) is 0 Å². The maximum Gasteiger partial charge on any atom is 0.115 e. The summed E-state index contributed by atoms with van der Waals surface area (Å²) < 4.78 is 0. The molecule has 0 bridgehead atoms. The van der Waals surface area contributed by atoms with Crippen LogP contribution in [0.2, 0.25) is 0 Å². The Kier molecular flexibility index (Phi) is 8.08. The zero-order valence-corrected chi connectivity index (χ0v) is 9.17. The minimum atomic E-state index is -0.973. The molecule has 0 aromatic heterocycles. The fraction of sp³-hybridized carbons (Fsp3) is 1.00. The lowest BCUT2D eigenvalue weighted by molar-refractivity contribution is 0.400. The zero-order valence-electron chi connectivity index (χ0n) is 9.17. The van der Waals surface area contributed by atoms with Crippen molar-refractivity contribution in [3.05, 3.63) is 0 Å². The van der Waals surface area contributed by atoms with Gasteiger partial charge >= 0.3 is 0 Å². The van der Waals surface area contributed by atoms with Gasteiger partial charge < -0.3 is 22.9 Å². The predicted molar refractivity (Wildman–Crippen MR) is 61.3 cm³/mol. The summed E-state index contributed by atoms with van der Waals surface area (Å²) in [4.78, 5) is 0. The number of hydrogen-bond donors (Lipinski definition) is 4. The van der Waals surface area contributed by atoms with E-state index in [-0.39, 0.29) is 0 Å². The Balaban J connectivity index is 2.99. The molecule has 0 aliphatic rings. The van der Waals surface area contributed by atoms with E-state index in [1.165, 1.54) is 32.1 Å². The van der Waals surface area contributed by atoms with Crippen molar-refractivity contribution in [2.75, 3.05) is 6.54 Å². The van der Waals surface area contributed by atoms with Crippen LogP contribution in [0.4, 0.5) is 0 Å². The van der Waals surface area contributed by atoms with Gasteiger partial charge in [0.05, 0.1) is 0 Å². The van der Waals surface area contributed by atoms with Gasteiger partial charge in [-0.3, -0.25) is 0 Å². The molecule has 8 N–H and O–H groups in total. The molecule has 0 aromatic carbocycles. The van der Waals surface area contributed by atoms with Gasteiger partial charge in [-0.1, -0.05) is 32.1 Å². The Morgan fingerprint density at radius 3 is 1.50 bits per heavy atom. The van der Waals surface area contributed by atoms with Crippen molar-refractivity contribution in [1.29, 1.82) is 0 Å². The highest BCUT2D eigenvalue weighted by Crippen LogP contribution is 2.09. The van der Waals surface area contributed by atoms with Crippen LogP contribution < -0.4 is 22.9 Å². The van der Waals surface area contributed by atoms with Gasteiger partial charge in [-0.15, -0.1) is 0 Å². The normalized spacial score (nSPS) is 12.0. The highest BCUT2D eigenvalue weighted by atomic mass is 15.1. The second kappa shape index (κ2) is 8.17. The van der Waals surface area contributed by atoms with E-state index in [1.54, 1.807) is 0 Å². The monoisotopic (exact) mass is 202 g/mol. The van der Waals surface area contributed by atoms with Gasteiger partial charge in [0.25, 0.3) is 0 Å². The van der Waals surface area contributed by atoms with Gasteiger partial charge in [0.15, 0.2) is 0 Å². The fourth-order valence-electron chi connectivity index (χ4n) is 1.46. The summed E-state index contributed by atoms with van der Waals surface area (Å²) in [5.74, 6) is -0.973. The molecule has 0 aliphatic carbocycles. The topological polar surface area (TPSA) is 104 Å². The second-order valence-electron chi connectivity index (χ2n) is 4.13. The number of unbranched alkanes of at least 4 members (excludes halogenated alkanes) is 6. The van der Waals surface area contributed by atoms with Crippen LogP contribution in [0, 0.1) is 0 Å². The van der Waals surface area contributed by atoms with Crippen LogP contribution in [0.3, 0.4) is 0 Å². The summed E-state index contributed by atoms with van der Waals surface area (Å²) >= 11 is 0. The maximum atomic E-state index is 5.46. The van der Waals surface area contributed by atoms with Crippen molar-refractivity contribution in [3.8, 4) is 0 Å². The lowest BCUT2D eigenvalue weighted by Crippen LogP contribution is -2.57. The van der Waals surface area contributed by atoms with Crippen molar-refractivity contribution >= 4 is 0 Å². The molecule has 4 nitrogen and oxygen atoms in total. The Morgan fingerprint density at radius 1 is 0.643 bits per heavy atom. The van der Waals surface area contributed by atoms with Crippen LogP contribution in [0.15, 0.2) is 0 Å². The van der Waals surface area contributed by atoms with E-state index < -0.39 is 5.79 Å². The first-order chi connectivity index (χ1) is 6.56. The third-order valence-electron chi connectivity index (χ3n) is 2.31. The number of nitrogens with two attached hydrogens (primary N) is 4. The molecule has 0 atom stereocenters. The smallest absolute Gasteiger partial charge is 0.115 e. The average molecular weight is 202 g/mol. The molecule has 0 spiro atoms. The van der Waals surface area contributed by atoms with Crippen molar-refractivity contribution in [3.63, 3.8) is 0 Å². The number of rotatable bonds is 9. The predicted octanol–water partition coefficient (Wildman–Crippen LogP) is 0.596. The summed E-state index contributed by atoms with van der Waals surface area (Å²) in [5, 5.41) is 0. The highest BCUT2D eigenvalue weighted by Gasteiger charge is 2.09. The van der Waals surface area contributed by atoms with Gasteiger partial charge in [-0.05, 0) is 25.8 Å². The molecule has 86 valence electrons. The molecule has 0 aromatic rings. The highest BCUT2D eigenvalue weighted by molar-refractivity contribution is 4.66. The summed E-state index contributed by atoms with van der Waals surface area (Å²) in [6.07, 6.45) is 9.14. The molecular formula is C10H26N4. The van der Waals surface area contributed by atoms with Crippen molar-refractivity contribution in [2.45, 2.75) is 57.2 Å². The third-order valence-corrected chi connectivity index (χ3v) is 2.31. The molecular weight excluding hydrogens is 176 g/mol. The van der Waals surface area contributed by atoms with Crippen LogP contribution in [-0.2, 0) is 0 Å². The fourth-order valence-corrected chi connectivity index (χ4v) is 1.46. The Labute approximate surface area is 87.4 Å². The summed E-state index contributed by atoms with van der Waals surface area (Å²) in [5.41, 5.74) is 21.8. The summed E-state index contributed by atoms with van der Waals surface area (Å²) in [7, 11) is 0. The number of hydrogen-bond acceptors (Lipinski definition) is 4. The molecule has 0 unspecified atom stereocenters. The second-order valence-corrected chi connectivity index (χ2v) is 4.13. The molecule has 0 radical (unpaired) electrons. The molecule has 14 heavy (non-hydrogen) atoms. The Bertz CT molecular complexity index is 120. The molecule has 0 amide bonds. The lowest BCUT2D eigenvalue weighted by atomic mass is 10.1. The first-order valence-electron chi connectivity index (χ1n) is 5.63. The van der Waals surface area contributed by atoms with Crippen LogP contribution in [0.25, 0.3) is 0 Å². The molecule has 0 saturated carbocycles. The third kappa shape index (κ3) is 11.8. The van der Waals surface area contributed by atoms with Gasteiger partial charge in [0.2, 0.25) is 0 Å². The minimum Gasteiger partial charge on any atom is -0.330 e. The summed E-state index contributed by atoms with van der Waals surface area (Å²) in [6.45, 7) is 0.816. The van der Waals surface area contributed by atoms with E-state index in [0.29, 0.717) is 6.42 Å². The molecule has 0 saturated heterocycles. The van der Waals surface area contributed by atoms with E-state index >= 15 is 0 Å². The molecule has 0 rings (SSSR count). The Morgan fingerprint density at radius 2 is 1.07 bits per heavy atom. The average Bonchev–Trinajstić information content (AvgIpc) is 2.08. The molecule has 0 fully saturated rings. The van der Waals surface area contributed by atoms with E-state index in [2.05, 4.69) is 0 Å². The van der Waals surface area contributed by atoms with Crippen molar-refractivity contribution in [1.82, 2.24) is 0 Å². The molecule has 0 heterocycles. The first-order valence-corrected chi connectivity index (χ1v) is 5.63. The summed E-state index contributed by atoms with van der Waals surface area (Å²) in [6, 6.07) is 0. The van der Waals surface area contributed by atoms with E-state index in [4.69, 9.17) is 22.9 Å². The molecule has 0 aliphatic heterocycles. The minimum absolute atomic E-state index is 0.704. The van der Waals surface area contributed by atoms with Crippen molar-refractivity contribution in [2.24, 2.45) is 22.9 Å². The Hall–Kier alpha value is -0.160. The maximum absolute atomic E-state index is 5.46. The van der Waals surface area contributed by atoms with E-state index in [0.717, 1.165) is 19.4 Å². The lowest BCUT2D eigenvalue weighted by Gasteiger charge is -2.17. The van der Waals surface area contributed by atoms with Gasteiger partial charge in [-0.2, -0.15) is 0 Å². The standard InChI is InChI=1S/C10H26N4/c11-9-7-5-3-1-2-4-6-8-10(12,13)14/h1-9,11-14H2. The van der Waals surface area contributed by atoms with Crippen molar-refractivity contribution < 1.29 is 0 Å². The van der Waals surface area contributed by atoms with Gasteiger partial charge in [0, 0.05) is 0 Å². The zero-order chi connectivity index (χ0) is 10.9. The first kappa shape index (κ1) is 13.8. The SMILES string of the molecule is NCCCCCCCCCC(N)(N)N. The van der Waals surface area contributed by atoms with Gasteiger partial charge in [-0.25, -0.2) is 0 Å². The van der Waals surface area contributed by atoms with E-state index in [1.807, 2.05) is 0 Å². The molecule has 4 heteroatoms. The van der Waals surface area contributed by atoms with Gasteiger partial charge in [0.1, 0.15) is 5.79 Å². The quantitative estimate of drug-likeness (QED) is 0.324. The van der Waals surface area contributed by atoms with Crippen LogP contribution in [0.1, 0.15) is 51.4 Å².